The van der Waals surface area contributed by atoms with E-state index in [9.17, 15) is 0 Å². The zero-order valence-electron chi connectivity index (χ0n) is 26.2. The van der Waals surface area contributed by atoms with Gasteiger partial charge in [-0.15, -0.1) is 0 Å². The van der Waals surface area contributed by atoms with E-state index in [1.807, 2.05) is 24.4 Å². The lowest BCUT2D eigenvalue weighted by Crippen LogP contribution is -1.99. The molecule has 3 heterocycles. The number of pyridine rings is 1. The molecule has 0 saturated heterocycles. The van der Waals surface area contributed by atoms with E-state index in [1.54, 1.807) is 0 Å². The van der Waals surface area contributed by atoms with Gasteiger partial charge in [0.05, 0.1) is 34.0 Å². The fourth-order valence-electron chi connectivity index (χ4n) is 7.13. The first-order chi connectivity index (χ1) is 23.1. The van der Waals surface area contributed by atoms with Gasteiger partial charge in [0.1, 0.15) is 5.75 Å². The van der Waals surface area contributed by atoms with Crippen LogP contribution in [-0.2, 0) is 0 Å². The lowest BCUT2D eigenvalue weighted by Gasteiger charge is -2.13. The first kappa shape index (κ1) is 27.2. The van der Waals surface area contributed by atoms with E-state index in [4.69, 9.17) is 9.72 Å². The van der Waals surface area contributed by atoms with Gasteiger partial charge in [-0.2, -0.15) is 0 Å². The summed E-state index contributed by atoms with van der Waals surface area (Å²) in [4.78, 5) is 4.77. The van der Waals surface area contributed by atoms with E-state index in [2.05, 4.69) is 150 Å². The van der Waals surface area contributed by atoms with Crippen LogP contribution in [0, 0.1) is 13.8 Å². The van der Waals surface area contributed by atoms with Gasteiger partial charge in [-0.05, 0) is 84.6 Å². The highest BCUT2D eigenvalue weighted by Crippen LogP contribution is 2.38. The molecular formula is C43H31N3O. The number of benzene rings is 6. The quantitative estimate of drug-likeness (QED) is 0.195. The Kier molecular flexibility index (Phi) is 6.22. The smallest absolute Gasteiger partial charge is 0.219 e. The van der Waals surface area contributed by atoms with Crippen molar-refractivity contribution in [3.8, 4) is 34.1 Å². The van der Waals surface area contributed by atoms with E-state index in [1.165, 1.54) is 54.8 Å². The summed E-state index contributed by atoms with van der Waals surface area (Å²) in [5, 5.41) is 4.95. The largest absolute Gasteiger partial charge is 0.439 e. The van der Waals surface area contributed by atoms with E-state index in [0.29, 0.717) is 5.88 Å². The van der Waals surface area contributed by atoms with E-state index >= 15 is 0 Å². The van der Waals surface area contributed by atoms with Gasteiger partial charge in [-0.1, -0.05) is 91.0 Å². The van der Waals surface area contributed by atoms with Crippen LogP contribution in [0.2, 0.25) is 0 Å². The maximum absolute atomic E-state index is 6.28. The number of nitrogens with zero attached hydrogens (tertiary/aromatic N) is 3. The Morgan fingerprint density at radius 1 is 0.468 bits per heavy atom. The number of aromatic nitrogens is 3. The van der Waals surface area contributed by atoms with Crippen LogP contribution in [0.1, 0.15) is 11.1 Å². The fourth-order valence-corrected chi connectivity index (χ4v) is 7.13. The van der Waals surface area contributed by atoms with Crippen molar-refractivity contribution in [2.24, 2.45) is 0 Å². The van der Waals surface area contributed by atoms with Gasteiger partial charge in [0.25, 0.3) is 0 Å². The Morgan fingerprint density at radius 3 is 1.72 bits per heavy atom. The van der Waals surface area contributed by atoms with Crippen molar-refractivity contribution < 1.29 is 4.74 Å². The van der Waals surface area contributed by atoms with Gasteiger partial charge >= 0.3 is 0 Å². The average Bonchev–Trinajstić information content (AvgIpc) is 3.63. The number of para-hydroxylation sites is 3. The lowest BCUT2D eigenvalue weighted by atomic mass is 10.0. The molecule has 47 heavy (non-hydrogen) atoms. The first-order valence-corrected chi connectivity index (χ1v) is 16.0. The normalized spacial score (nSPS) is 11.6. The molecule has 0 aliphatic heterocycles. The number of fused-ring (bicyclic) bond motifs is 6. The van der Waals surface area contributed by atoms with Crippen molar-refractivity contribution in [1.82, 2.24) is 14.1 Å². The summed E-state index contributed by atoms with van der Waals surface area (Å²) in [6, 6.07) is 51.4. The molecule has 4 heteroatoms. The van der Waals surface area contributed by atoms with Crippen molar-refractivity contribution >= 4 is 43.6 Å². The second-order valence-electron chi connectivity index (χ2n) is 12.2. The predicted octanol–water partition coefficient (Wildman–Crippen LogP) is 11.4. The Hall–Kier alpha value is -6.13. The summed E-state index contributed by atoms with van der Waals surface area (Å²) in [5.41, 5.74) is 11.5. The molecule has 9 rings (SSSR count). The van der Waals surface area contributed by atoms with Crippen LogP contribution in [0.15, 0.2) is 152 Å². The fraction of sp³-hybridized carbons (Fsp3) is 0.0465. The third kappa shape index (κ3) is 4.41. The molecule has 6 aromatic carbocycles. The molecule has 0 unspecified atom stereocenters. The van der Waals surface area contributed by atoms with Gasteiger partial charge in [0, 0.05) is 33.3 Å². The molecule has 0 amide bonds. The molecule has 0 aliphatic carbocycles. The minimum Gasteiger partial charge on any atom is -0.439 e. The van der Waals surface area contributed by atoms with Gasteiger partial charge < -0.3 is 13.9 Å². The lowest BCUT2D eigenvalue weighted by molar-refractivity contribution is 0.459. The second kappa shape index (κ2) is 10.7. The van der Waals surface area contributed by atoms with E-state index in [-0.39, 0.29) is 0 Å². The summed E-state index contributed by atoms with van der Waals surface area (Å²) in [5.74, 6) is 1.37. The molecule has 0 radical (unpaired) electrons. The van der Waals surface area contributed by atoms with Gasteiger partial charge in [0.2, 0.25) is 5.88 Å². The predicted molar refractivity (Wildman–Crippen MR) is 194 cm³/mol. The summed E-state index contributed by atoms with van der Waals surface area (Å²) >= 11 is 0. The molecule has 224 valence electrons. The van der Waals surface area contributed by atoms with Crippen molar-refractivity contribution in [3.63, 3.8) is 0 Å². The Balaban J connectivity index is 1.13. The molecule has 0 atom stereocenters. The van der Waals surface area contributed by atoms with Crippen LogP contribution >= 0.6 is 0 Å². The molecule has 0 saturated carbocycles. The van der Waals surface area contributed by atoms with Crippen LogP contribution in [0.5, 0.6) is 11.6 Å². The number of rotatable bonds is 5. The van der Waals surface area contributed by atoms with Crippen LogP contribution in [0.4, 0.5) is 0 Å². The molecule has 0 N–H and O–H groups in total. The number of hydrogen-bond donors (Lipinski definition) is 0. The van der Waals surface area contributed by atoms with Gasteiger partial charge in [-0.25, -0.2) is 4.98 Å². The second-order valence-corrected chi connectivity index (χ2v) is 12.2. The van der Waals surface area contributed by atoms with Crippen LogP contribution in [-0.4, -0.2) is 14.1 Å². The van der Waals surface area contributed by atoms with E-state index in [0.717, 1.165) is 28.2 Å². The van der Waals surface area contributed by atoms with Crippen molar-refractivity contribution in [2.75, 3.05) is 0 Å². The number of ether oxygens (including phenoxy) is 1. The third-order valence-corrected chi connectivity index (χ3v) is 9.26. The molecule has 0 fully saturated rings. The molecule has 0 aliphatic rings. The monoisotopic (exact) mass is 605 g/mol. The highest BCUT2D eigenvalue weighted by molar-refractivity contribution is 6.13. The summed E-state index contributed by atoms with van der Waals surface area (Å²) in [6.07, 6.45) is 1.91. The standard InChI is InChI=1S/C43H31N3O/c1-28-24-31(30-12-4-3-5-13-30)20-22-41(28)47-42-23-21-32(27-44-42)46-40-19-11-8-16-36(40)37-26-33(25-29(2)43(37)46)45-38-17-9-6-14-34(38)35-15-7-10-18-39(35)45/h3-27H,1-2H3. The SMILES string of the molecule is Cc1cc(-c2ccccc2)ccc1Oc1ccc(-n2c3ccccc3c3cc(-n4c5ccccc5c5ccccc54)cc(C)c32)cn1. The highest BCUT2D eigenvalue weighted by Gasteiger charge is 2.18. The van der Waals surface area contributed by atoms with Gasteiger partial charge in [-0.3, -0.25) is 0 Å². The molecular weight excluding hydrogens is 574 g/mol. The zero-order valence-corrected chi connectivity index (χ0v) is 26.2. The highest BCUT2D eigenvalue weighted by atomic mass is 16.5. The maximum atomic E-state index is 6.28. The summed E-state index contributed by atoms with van der Waals surface area (Å²) in [6.45, 7) is 4.28. The van der Waals surface area contributed by atoms with Crippen molar-refractivity contribution in [3.05, 3.63) is 163 Å². The topological polar surface area (TPSA) is 32.0 Å². The van der Waals surface area contributed by atoms with Gasteiger partial charge in [0.15, 0.2) is 0 Å². The van der Waals surface area contributed by atoms with E-state index < -0.39 is 0 Å². The molecule has 0 spiro atoms. The molecule has 9 aromatic rings. The van der Waals surface area contributed by atoms with Crippen molar-refractivity contribution in [2.45, 2.75) is 13.8 Å². The zero-order chi connectivity index (χ0) is 31.5. The molecule has 0 bridgehead atoms. The minimum absolute atomic E-state index is 0.565. The minimum atomic E-state index is 0.565. The average molecular weight is 606 g/mol. The van der Waals surface area contributed by atoms with Crippen LogP contribution in [0.25, 0.3) is 66.1 Å². The Bertz CT molecular complexity index is 2560. The third-order valence-electron chi connectivity index (χ3n) is 9.26. The molecule has 4 nitrogen and oxygen atoms in total. The number of hydrogen-bond acceptors (Lipinski definition) is 2. The summed E-state index contributed by atoms with van der Waals surface area (Å²) in [7, 11) is 0. The number of aryl methyl sites for hydroxylation is 2. The van der Waals surface area contributed by atoms with Crippen LogP contribution < -0.4 is 4.74 Å². The Morgan fingerprint density at radius 2 is 1.09 bits per heavy atom. The molecule has 3 aromatic heterocycles. The van der Waals surface area contributed by atoms with Crippen LogP contribution in [0.3, 0.4) is 0 Å². The van der Waals surface area contributed by atoms with Crippen molar-refractivity contribution in [1.29, 1.82) is 0 Å². The summed E-state index contributed by atoms with van der Waals surface area (Å²) < 4.78 is 11.0. The first-order valence-electron chi connectivity index (χ1n) is 16.0. The Labute approximate surface area is 272 Å². The maximum Gasteiger partial charge on any atom is 0.219 e.